The highest BCUT2D eigenvalue weighted by Crippen LogP contribution is 2.30. The number of fused-ring (bicyclic) bond motifs is 1. The highest BCUT2D eigenvalue weighted by atomic mass is 79.9. The average molecular weight is 343 g/mol. The van der Waals surface area contributed by atoms with E-state index in [0.29, 0.717) is 13.1 Å². The highest BCUT2D eigenvalue weighted by molar-refractivity contribution is 9.10. The molecule has 0 saturated heterocycles. The zero-order valence-electron chi connectivity index (χ0n) is 10.1. The van der Waals surface area contributed by atoms with Gasteiger partial charge in [0.25, 0.3) is 10.0 Å². The fourth-order valence-corrected chi connectivity index (χ4v) is 4.62. The van der Waals surface area contributed by atoms with E-state index in [4.69, 9.17) is 0 Å². The number of hydrogen-bond acceptors (Lipinski definition) is 4. The van der Waals surface area contributed by atoms with E-state index in [2.05, 4.69) is 26.2 Å². The molecule has 2 aromatic rings. The van der Waals surface area contributed by atoms with Crippen LogP contribution in [0.2, 0.25) is 0 Å². The molecule has 0 aliphatic carbocycles. The van der Waals surface area contributed by atoms with Crippen molar-refractivity contribution in [3.05, 3.63) is 40.0 Å². The van der Waals surface area contributed by atoms with Crippen molar-refractivity contribution < 1.29 is 8.42 Å². The monoisotopic (exact) mass is 342 g/mol. The molecule has 0 bridgehead atoms. The summed E-state index contributed by atoms with van der Waals surface area (Å²) in [7, 11) is -2.04. The van der Waals surface area contributed by atoms with Crippen LogP contribution in [0.5, 0.6) is 0 Å². The molecule has 1 aromatic carbocycles. The molecule has 19 heavy (non-hydrogen) atoms. The average Bonchev–Trinajstić information content (AvgIpc) is 2.93. The molecule has 1 aromatic heterocycles. The van der Waals surface area contributed by atoms with E-state index in [0.717, 1.165) is 11.1 Å². The predicted molar refractivity (Wildman–Crippen MR) is 71.6 cm³/mol. The Balaban J connectivity index is 2.01. The standard InChI is InChI=1S/C11H11BrN4O2S/c1-15-11(10(12)13-14-15)19(17,18)16-6-8-4-2-3-5-9(8)7-16/h2-5H,6-7H2,1H3. The lowest BCUT2D eigenvalue weighted by Gasteiger charge is -2.15. The zero-order chi connectivity index (χ0) is 13.6. The van der Waals surface area contributed by atoms with Crippen molar-refractivity contribution >= 4 is 26.0 Å². The summed E-state index contributed by atoms with van der Waals surface area (Å²) in [4.78, 5) is 0. The Kier molecular flexibility index (Phi) is 2.95. The van der Waals surface area contributed by atoms with Crippen molar-refractivity contribution in [3.8, 4) is 0 Å². The number of hydrogen-bond donors (Lipinski definition) is 0. The van der Waals surface area contributed by atoms with Crippen LogP contribution in [-0.2, 0) is 30.2 Å². The molecule has 100 valence electrons. The Labute approximate surface area is 119 Å². The van der Waals surface area contributed by atoms with Crippen LogP contribution in [0.1, 0.15) is 11.1 Å². The number of aromatic nitrogens is 3. The van der Waals surface area contributed by atoms with Crippen LogP contribution in [0.25, 0.3) is 0 Å². The molecule has 2 heterocycles. The van der Waals surface area contributed by atoms with Crippen LogP contribution < -0.4 is 0 Å². The van der Waals surface area contributed by atoms with Crippen molar-refractivity contribution in [1.29, 1.82) is 0 Å². The van der Waals surface area contributed by atoms with Gasteiger partial charge in [-0.15, -0.1) is 5.10 Å². The Hall–Kier alpha value is -1.25. The van der Waals surface area contributed by atoms with Gasteiger partial charge in [-0.1, -0.05) is 29.5 Å². The zero-order valence-corrected chi connectivity index (χ0v) is 12.5. The third kappa shape index (κ3) is 1.99. The molecule has 8 heteroatoms. The minimum absolute atomic E-state index is 0.0836. The quantitative estimate of drug-likeness (QED) is 0.824. The van der Waals surface area contributed by atoms with E-state index in [-0.39, 0.29) is 9.63 Å². The van der Waals surface area contributed by atoms with E-state index in [1.165, 1.54) is 8.99 Å². The summed E-state index contributed by atoms with van der Waals surface area (Å²) in [6, 6.07) is 7.72. The second kappa shape index (κ2) is 4.39. The molecule has 6 nitrogen and oxygen atoms in total. The normalized spacial score (nSPS) is 15.7. The van der Waals surface area contributed by atoms with Gasteiger partial charge in [-0.25, -0.2) is 13.1 Å². The van der Waals surface area contributed by atoms with Crippen LogP contribution >= 0.6 is 15.9 Å². The van der Waals surface area contributed by atoms with Crippen LogP contribution in [0.4, 0.5) is 0 Å². The number of rotatable bonds is 2. The molecule has 0 amide bonds. The second-order valence-electron chi connectivity index (χ2n) is 4.35. The largest absolute Gasteiger partial charge is 0.263 e. The van der Waals surface area contributed by atoms with Crippen molar-refractivity contribution in [3.63, 3.8) is 0 Å². The summed E-state index contributed by atoms with van der Waals surface area (Å²) in [6.45, 7) is 0.770. The summed E-state index contributed by atoms with van der Waals surface area (Å²) >= 11 is 3.13. The van der Waals surface area contributed by atoms with Gasteiger partial charge in [-0.3, -0.25) is 0 Å². The maximum absolute atomic E-state index is 12.6. The molecule has 0 N–H and O–H groups in total. The SMILES string of the molecule is Cn1nnc(Br)c1S(=O)(=O)N1Cc2ccccc2C1. The first-order valence-electron chi connectivity index (χ1n) is 5.62. The molecule has 0 fully saturated rings. The van der Waals surface area contributed by atoms with Gasteiger partial charge in [0.05, 0.1) is 0 Å². The number of sulfonamides is 1. The Morgan fingerprint density at radius 1 is 1.21 bits per heavy atom. The van der Waals surface area contributed by atoms with Gasteiger partial charge in [0.1, 0.15) is 0 Å². The van der Waals surface area contributed by atoms with E-state index in [9.17, 15) is 8.42 Å². The smallest absolute Gasteiger partial charge is 0.235 e. The van der Waals surface area contributed by atoms with Crippen LogP contribution in [-0.4, -0.2) is 27.7 Å². The first-order valence-corrected chi connectivity index (χ1v) is 7.85. The summed E-state index contributed by atoms with van der Waals surface area (Å²) in [5.74, 6) is 0. The summed E-state index contributed by atoms with van der Waals surface area (Å²) in [6.07, 6.45) is 0. The van der Waals surface area contributed by atoms with Crippen molar-refractivity contribution in [2.24, 2.45) is 7.05 Å². The van der Waals surface area contributed by atoms with Gasteiger partial charge in [-0.2, -0.15) is 4.31 Å². The topological polar surface area (TPSA) is 68.1 Å². The van der Waals surface area contributed by atoms with Crippen molar-refractivity contribution in [1.82, 2.24) is 19.3 Å². The molecule has 0 unspecified atom stereocenters. The summed E-state index contributed by atoms with van der Waals surface area (Å²) in [5, 5.41) is 7.53. The van der Waals surface area contributed by atoms with Crippen molar-refractivity contribution in [2.45, 2.75) is 18.1 Å². The second-order valence-corrected chi connectivity index (χ2v) is 6.96. The van der Waals surface area contributed by atoms with Crippen LogP contribution in [0.15, 0.2) is 33.9 Å². The first kappa shape index (κ1) is 12.8. The third-order valence-electron chi connectivity index (χ3n) is 3.13. The lowest BCUT2D eigenvalue weighted by molar-refractivity contribution is 0.424. The van der Waals surface area contributed by atoms with Gasteiger partial charge < -0.3 is 0 Å². The highest BCUT2D eigenvalue weighted by Gasteiger charge is 2.34. The van der Waals surface area contributed by atoms with Gasteiger partial charge in [0, 0.05) is 20.1 Å². The summed E-state index contributed by atoms with van der Waals surface area (Å²) in [5.41, 5.74) is 2.08. The first-order chi connectivity index (χ1) is 9.00. The number of benzene rings is 1. The maximum Gasteiger partial charge on any atom is 0.263 e. The molecular weight excluding hydrogens is 332 g/mol. The predicted octanol–water partition coefficient (Wildman–Crippen LogP) is 1.28. The van der Waals surface area contributed by atoms with Gasteiger partial charge in [0.15, 0.2) is 4.60 Å². The number of nitrogens with zero attached hydrogens (tertiary/aromatic N) is 4. The molecule has 0 spiro atoms. The van der Waals surface area contributed by atoms with Gasteiger partial charge in [0.2, 0.25) is 5.03 Å². The molecular formula is C11H11BrN4O2S. The van der Waals surface area contributed by atoms with Crippen LogP contribution in [0.3, 0.4) is 0 Å². The van der Waals surface area contributed by atoms with Crippen molar-refractivity contribution in [2.75, 3.05) is 0 Å². The van der Waals surface area contributed by atoms with E-state index in [1.807, 2.05) is 24.3 Å². The fourth-order valence-electron chi connectivity index (χ4n) is 2.19. The maximum atomic E-state index is 12.6. The Bertz CT molecular complexity index is 696. The lowest BCUT2D eigenvalue weighted by Crippen LogP contribution is -2.27. The molecule has 1 aliphatic heterocycles. The summed E-state index contributed by atoms with van der Waals surface area (Å²) < 4.78 is 28.1. The Morgan fingerprint density at radius 2 is 1.79 bits per heavy atom. The third-order valence-corrected chi connectivity index (χ3v) is 5.81. The minimum atomic E-state index is -3.60. The van der Waals surface area contributed by atoms with Gasteiger partial charge >= 0.3 is 0 Å². The molecule has 0 saturated carbocycles. The number of halogens is 1. The molecule has 1 aliphatic rings. The lowest BCUT2D eigenvalue weighted by atomic mass is 10.1. The Morgan fingerprint density at radius 3 is 2.26 bits per heavy atom. The number of aryl methyl sites for hydroxylation is 1. The van der Waals surface area contributed by atoms with E-state index in [1.54, 1.807) is 7.05 Å². The molecule has 0 atom stereocenters. The molecule has 0 radical (unpaired) electrons. The van der Waals surface area contributed by atoms with E-state index < -0.39 is 10.0 Å². The fraction of sp³-hybridized carbons (Fsp3) is 0.273. The van der Waals surface area contributed by atoms with Gasteiger partial charge in [-0.05, 0) is 27.1 Å². The minimum Gasteiger partial charge on any atom is -0.235 e. The molecule has 3 rings (SSSR count). The van der Waals surface area contributed by atoms with Crippen LogP contribution in [0, 0.1) is 0 Å². The van der Waals surface area contributed by atoms with E-state index >= 15 is 0 Å².